The monoisotopic (exact) mass is 445 g/mol. The highest BCUT2D eigenvalue weighted by molar-refractivity contribution is 6.34. The van der Waals surface area contributed by atoms with E-state index in [1.54, 1.807) is 25.1 Å². The number of carbonyl (C=O) groups is 1. The van der Waals surface area contributed by atoms with Crippen molar-refractivity contribution in [3.8, 4) is 34.3 Å². The molecule has 0 fully saturated rings. The van der Waals surface area contributed by atoms with E-state index in [1.165, 1.54) is 12.4 Å². The molecule has 0 bridgehead atoms. The van der Waals surface area contributed by atoms with Gasteiger partial charge in [0.15, 0.2) is 5.82 Å². The van der Waals surface area contributed by atoms with Gasteiger partial charge < -0.3 is 14.8 Å². The Morgan fingerprint density at radius 3 is 2.56 bits per heavy atom. The number of aromatic amines is 2. The number of nitrogens with one attached hydrogen (secondary N) is 2. The van der Waals surface area contributed by atoms with Crippen LogP contribution in [0.4, 0.5) is 0 Å². The number of aromatic nitrogens is 5. The van der Waals surface area contributed by atoms with Crippen LogP contribution in [-0.2, 0) is 0 Å². The number of aryl methyl sites for hydroxylation is 1. The van der Waals surface area contributed by atoms with Gasteiger partial charge in [0.05, 0.1) is 21.6 Å². The van der Waals surface area contributed by atoms with Gasteiger partial charge in [0.2, 0.25) is 0 Å². The summed E-state index contributed by atoms with van der Waals surface area (Å²) in [6.45, 7) is 1.73. The molecule has 0 aliphatic heterocycles. The molecule has 8 nitrogen and oxygen atoms in total. The minimum Gasteiger partial charge on any atom is -0.478 e. The highest BCUT2D eigenvalue weighted by Crippen LogP contribution is 2.34. The number of aromatic carboxylic acids is 1. The van der Waals surface area contributed by atoms with Gasteiger partial charge in [0, 0.05) is 11.1 Å². The molecule has 0 saturated carbocycles. The molecule has 0 spiro atoms. The summed E-state index contributed by atoms with van der Waals surface area (Å²) in [5, 5.41) is 16.6. The van der Waals surface area contributed by atoms with Crippen LogP contribution in [0.3, 0.4) is 0 Å². The fraction of sp³-hybridized carbons (Fsp3) is 0.0435. The van der Waals surface area contributed by atoms with Crippen molar-refractivity contribution in [1.82, 2.24) is 25.1 Å². The molecule has 2 heterocycles. The van der Waals surface area contributed by atoms with Gasteiger partial charge in [-0.15, -0.1) is 0 Å². The number of carboxylic acids is 1. The van der Waals surface area contributed by atoms with Crippen LogP contribution in [0.1, 0.15) is 15.9 Å². The van der Waals surface area contributed by atoms with Gasteiger partial charge in [-0.3, -0.25) is 5.10 Å². The van der Waals surface area contributed by atoms with Crippen LogP contribution in [0.25, 0.3) is 33.5 Å². The van der Waals surface area contributed by atoms with Crippen molar-refractivity contribution in [2.45, 2.75) is 6.92 Å². The van der Waals surface area contributed by atoms with Crippen LogP contribution in [0.2, 0.25) is 5.02 Å². The number of H-pyrrole nitrogens is 2. The number of imidazole rings is 1. The maximum Gasteiger partial charge on any atom is 0.336 e. The Hall–Kier alpha value is -4.17. The number of benzene rings is 3. The number of fused-ring (bicyclic) bond motifs is 1. The molecule has 0 radical (unpaired) electrons. The first-order valence-corrected chi connectivity index (χ1v) is 10.0. The maximum absolute atomic E-state index is 11.4. The lowest BCUT2D eigenvalue weighted by Gasteiger charge is -2.05. The Kier molecular flexibility index (Phi) is 4.84. The number of hydrogen-bond donors (Lipinski definition) is 3. The molecule has 5 rings (SSSR count). The predicted molar refractivity (Wildman–Crippen MR) is 120 cm³/mol. The molecule has 32 heavy (non-hydrogen) atoms. The van der Waals surface area contributed by atoms with Gasteiger partial charge in [-0.05, 0) is 42.3 Å². The normalized spacial score (nSPS) is 11.1. The Labute approximate surface area is 186 Å². The van der Waals surface area contributed by atoms with Gasteiger partial charge in [-0.25, -0.2) is 9.78 Å². The van der Waals surface area contributed by atoms with Crippen molar-refractivity contribution >= 4 is 28.6 Å². The number of hydrogen-bond acceptors (Lipinski definition) is 5. The van der Waals surface area contributed by atoms with Crippen molar-refractivity contribution in [3.63, 3.8) is 0 Å². The molecule has 0 aliphatic rings. The summed E-state index contributed by atoms with van der Waals surface area (Å²) in [7, 11) is 0. The molecule has 158 valence electrons. The van der Waals surface area contributed by atoms with Crippen molar-refractivity contribution in [2.24, 2.45) is 0 Å². The Bertz CT molecular complexity index is 1440. The molecule has 5 aromatic rings. The molecule has 0 unspecified atom stereocenters. The molecule has 0 amide bonds. The van der Waals surface area contributed by atoms with Gasteiger partial charge in [-0.2, -0.15) is 10.1 Å². The highest BCUT2D eigenvalue weighted by atomic mass is 35.5. The molecule has 0 atom stereocenters. The van der Waals surface area contributed by atoms with E-state index in [1.807, 2.05) is 30.3 Å². The topological polar surface area (TPSA) is 117 Å². The van der Waals surface area contributed by atoms with Gasteiger partial charge in [0.1, 0.15) is 12.1 Å². The summed E-state index contributed by atoms with van der Waals surface area (Å²) in [4.78, 5) is 23.1. The lowest BCUT2D eigenvalue weighted by atomic mass is 10.0. The lowest BCUT2D eigenvalue weighted by Crippen LogP contribution is -2.00. The number of carboxylic acid groups (broad SMARTS) is 1. The molecule has 0 aliphatic carbocycles. The second kappa shape index (κ2) is 7.82. The molecular formula is C23H16ClN5O3. The Morgan fingerprint density at radius 1 is 1.06 bits per heavy atom. The zero-order valence-corrected chi connectivity index (χ0v) is 17.5. The average molecular weight is 446 g/mol. The molecule has 9 heteroatoms. The SMILES string of the molecule is Cc1ccc(Oc2nc3cc(-c4ccc(-c5ncn[nH]5)cc4)c(Cl)cc3[nH]2)cc1C(=O)O. The summed E-state index contributed by atoms with van der Waals surface area (Å²) in [5.74, 6) is 0.0547. The minimum absolute atomic E-state index is 0.178. The largest absolute Gasteiger partial charge is 0.478 e. The molecular weight excluding hydrogens is 430 g/mol. The standard InChI is InChI=1S/C23H16ClN5O3/c1-12-2-7-15(8-16(12)22(30)31)32-23-27-19-9-17(18(24)10-20(19)28-23)13-3-5-14(6-4-13)21-25-11-26-29-21/h2-11H,1H3,(H,27,28)(H,30,31)(H,25,26,29). The zero-order chi connectivity index (χ0) is 22.2. The van der Waals surface area contributed by atoms with Crippen molar-refractivity contribution in [2.75, 3.05) is 0 Å². The van der Waals surface area contributed by atoms with Crippen LogP contribution in [0.15, 0.2) is 60.9 Å². The first-order valence-electron chi connectivity index (χ1n) is 9.65. The van der Waals surface area contributed by atoms with E-state index >= 15 is 0 Å². The third-order valence-corrected chi connectivity index (χ3v) is 5.40. The first-order chi connectivity index (χ1) is 15.5. The number of halogens is 1. The van der Waals surface area contributed by atoms with Gasteiger partial charge in [-0.1, -0.05) is 41.9 Å². The average Bonchev–Trinajstić information content (AvgIpc) is 3.44. The first kappa shape index (κ1) is 19.8. The maximum atomic E-state index is 11.4. The van der Waals surface area contributed by atoms with Crippen LogP contribution in [0, 0.1) is 6.92 Å². The third-order valence-electron chi connectivity index (χ3n) is 5.09. The number of ether oxygens (including phenoxy) is 1. The molecule has 0 saturated heterocycles. The van der Waals surface area contributed by atoms with E-state index in [0.29, 0.717) is 33.2 Å². The van der Waals surface area contributed by atoms with Crippen LogP contribution in [-0.4, -0.2) is 36.2 Å². The smallest absolute Gasteiger partial charge is 0.336 e. The van der Waals surface area contributed by atoms with Crippen molar-refractivity contribution in [3.05, 3.63) is 77.1 Å². The fourth-order valence-electron chi connectivity index (χ4n) is 3.44. The summed E-state index contributed by atoms with van der Waals surface area (Å²) in [6.07, 6.45) is 1.46. The van der Waals surface area contributed by atoms with E-state index in [-0.39, 0.29) is 11.6 Å². The summed E-state index contributed by atoms with van der Waals surface area (Å²) in [5.41, 5.74) is 4.87. The predicted octanol–water partition coefficient (Wildman–Crippen LogP) is 5.47. The lowest BCUT2D eigenvalue weighted by molar-refractivity contribution is 0.0695. The fourth-order valence-corrected chi connectivity index (χ4v) is 3.71. The van der Waals surface area contributed by atoms with E-state index in [4.69, 9.17) is 16.3 Å². The summed E-state index contributed by atoms with van der Waals surface area (Å²) in [6, 6.07) is 16.6. The molecule has 2 aromatic heterocycles. The van der Waals surface area contributed by atoms with Crippen LogP contribution >= 0.6 is 11.6 Å². The second-order valence-electron chi connectivity index (χ2n) is 7.19. The molecule has 3 aromatic carbocycles. The van der Waals surface area contributed by atoms with Crippen molar-refractivity contribution in [1.29, 1.82) is 0 Å². The van der Waals surface area contributed by atoms with Crippen LogP contribution in [0.5, 0.6) is 11.8 Å². The number of nitrogens with zero attached hydrogens (tertiary/aromatic N) is 3. The van der Waals surface area contributed by atoms with E-state index in [9.17, 15) is 9.90 Å². The van der Waals surface area contributed by atoms with Gasteiger partial charge >= 0.3 is 5.97 Å². The van der Waals surface area contributed by atoms with E-state index in [0.717, 1.165) is 16.7 Å². The molecule has 3 N–H and O–H groups in total. The zero-order valence-electron chi connectivity index (χ0n) is 16.8. The van der Waals surface area contributed by atoms with E-state index < -0.39 is 5.97 Å². The Balaban J connectivity index is 1.46. The van der Waals surface area contributed by atoms with E-state index in [2.05, 4.69) is 25.1 Å². The third kappa shape index (κ3) is 3.67. The summed E-state index contributed by atoms with van der Waals surface area (Å²) < 4.78 is 5.76. The highest BCUT2D eigenvalue weighted by Gasteiger charge is 2.13. The van der Waals surface area contributed by atoms with Gasteiger partial charge in [0.25, 0.3) is 6.01 Å². The Morgan fingerprint density at radius 2 is 1.84 bits per heavy atom. The quantitative estimate of drug-likeness (QED) is 0.330. The summed E-state index contributed by atoms with van der Waals surface area (Å²) >= 11 is 6.54. The van der Waals surface area contributed by atoms with Crippen molar-refractivity contribution < 1.29 is 14.6 Å². The van der Waals surface area contributed by atoms with Crippen LogP contribution < -0.4 is 4.74 Å². The second-order valence-corrected chi connectivity index (χ2v) is 7.59. The minimum atomic E-state index is -1.01. The number of rotatable bonds is 5.